The molecule has 1 aromatic heterocycles. The average molecular weight is 333 g/mol. The second-order valence-corrected chi connectivity index (χ2v) is 5.67. The van der Waals surface area contributed by atoms with Crippen molar-refractivity contribution in [1.82, 2.24) is 4.98 Å². The molecule has 1 aliphatic heterocycles. The molecule has 2 N–H and O–H groups in total. The van der Waals surface area contributed by atoms with E-state index in [2.05, 4.69) is 4.98 Å². The molecule has 0 bridgehead atoms. The maximum atomic E-state index is 12.9. The van der Waals surface area contributed by atoms with Crippen molar-refractivity contribution in [3.63, 3.8) is 0 Å². The highest BCUT2D eigenvalue weighted by Gasteiger charge is 2.33. The number of pyridine rings is 1. The standard InChI is InChI=1S/C18H18F3N3/c19-18(20,21)16-7-6-15(12-22)17(23-16)24-10-8-14(9-11-24)13-4-2-1-3-5-13/h1-8H,9-12,22H2. The van der Waals surface area contributed by atoms with Crippen LogP contribution in [0.5, 0.6) is 0 Å². The summed E-state index contributed by atoms with van der Waals surface area (Å²) in [6.07, 6.45) is -1.66. The van der Waals surface area contributed by atoms with Gasteiger partial charge in [0.2, 0.25) is 0 Å². The van der Waals surface area contributed by atoms with E-state index in [9.17, 15) is 13.2 Å². The van der Waals surface area contributed by atoms with Crippen molar-refractivity contribution in [1.29, 1.82) is 0 Å². The van der Waals surface area contributed by atoms with Gasteiger partial charge in [0.15, 0.2) is 0 Å². The van der Waals surface area contributed by atoms with Gasteiger partial charge in [-0.2, -0.15) is 13.2 Å². The smallest absolute Gasteiger partial charge is 0.352 e. The number of nitrogens with zero attached hydrogens (tertiary/aromatic N) is 2. The van der Waals surface area contributed by atoms with E-state index in [1.54, 1.807) is 0 Å². The highest BCUT2D eigenvalue weighted by molar-refractivity contribution is 5.68. The zero-order valence-corrected chi connectivity index (χ0v) is 13.1. The fourth-order valence-corrected chi connectivity index (χ4v) is 2.84. The van der Waals surface area contributed by atoms with E-state index in [-0.39, 0.29) is 6.54 Å². The van der Waals surface area contributed by atoms with Gasteiger partial charge in [-0.15, -0.1) is 0 Å². The van der Waals surface area contributed by atoms with Gasteiger partial charge < -0.3 is 10.6 Å². The van der Waals surface area contributed by atoms with Gasteiger partial charge in [-0.3, -0.25) is 0 Å². The van der Waals surface area contributed by atoms with Crippen LogP contribution in [0.2, 0.25) is 0 Å². The van der Waals surface area contributed by atoms with Gasteiger partial charge in [0.25, 0.3) is 0 Å². The van der Waals surface area contributed by atoms with Gasteiger partial charge >= 0.3 is 6.18 Å². The maximum absolute atomic E-state index is 12.9. The Labute approximate surface area is 138 Å². The van der Waals surface area contributed by atoms with E-state index in [4.69, 9.17) is 5.73 Å². The van der Waals surface area contributed by atoms with E-state index in [0.717, 1.165) is 18.1 Å². The highest BCUT2D eigenvalue weighted by atomic mass is 19.4. The molecule has 1 aliphatic rings. The second-order valence-electron chi connectivity index (χ2n) is 5.67. The van der Waals surface area contributed by atoms with Crippen LogP contribution in [0, 0.1) is 0 Å². The van der Waals surface area contributed by atoms with Crippen LogP contribution < -0.4 is 10.6 Å². The molecular formula is C18H18F3N3. The van der Waals surface area contributed by atoms with Crippen molar-refractivity contribution in [2.24, 2.45) is 5.73 Å². The van der Waals surface area contributed by atoms with Crippen LogP contribution in [-0.2, 0) is 12.7 Å². The van der Waals surface area contributed by atoms with E-state index in [0.29, 0.717) is 24.5 Å². The van der Waals surface area contributed by atoms with Gasteiger partial charge in [-0.05, 0) is 23.6 Å². The monoisotopic (exact) mass is 333 g/mol. The fraction of sp³-hybridized carbons (Fsp3) is 0.278. The highest BCUT2D eigenvalue weighted by Crippen LogP contribution is 2.32. The second kappa shape index (κ2) is 6.65. The molecule has 3 nitrogen and oxygen atoms in total. The van der Waals surface area contributed by atoms with Crippen molar-refractivity contribution in [3.05, 3.63) is 65.4 Å². The first kappa shape index (κ1) is 16.5. The van der Waals surface area contributed by atoms with Crippen LogP contribution in [-0.4, -0.2) is 18.1 Å². The lowest BCUT2D eigenvalue weighted by molar-refractivity contribution is -0.141. The topological polar surface area (TPSA) is 42.1 Å². The van der Waals surface area contributed by atoms with Crippen molar-refractivity contribution in [2.75, 3.05) is 18.0 Å². The molecule has 2 aromatic rings. The lowest BCUT2D eigenvalue weighted by atomic mass is 9.99. The summed E-state index contributed by atoms with van der Waals surface area (Å²) in [5.74, 6) is 0.329. The molecule has 24 heavy (non-hydrogen) atoms. The molecule has 0 amide bonds. The molecule has 6 heteroatoms. The largest absolute Gasteiger partial charge is 0.433 e. The SMILES string of the molecule is NCc1ccc(C(F)(F)F)nc1N1CC=C(c2ccccc2)CC1. The molecule has 0 saturated carbocycles. The molecule has 0 aliphatic carbocycles. The first-order chi connectivity index (χ1) is 11.5. The number of benzene rings is 1. The average Bonchev–Trinajstić information content (AvgIpc) is 2.61. The number of hydrogen-bond donors (Lipinski definition) is 1. The first-order valence-corrected chi connectivity index (χ1v) is 7.75. The van der Waals surface area contributed by atoms with E-state index in [1.807, 2.05) is 41.3 Å². The zero-order valence-electron chi connectivity index (χ0n) is 13.1. The van der Waals surface area contributed by atoms with E-state index < -0.39 is 11.9 Å². The Morgan fingerprint density at radius 3 is 2.42 bits per heavy atom. The first-order valence-electron chi connectivity index (χ1n) is 7.75. The predicted octanol–water partition coefficient (Wildman–Crippen LogP) is 3.85. The normalized spacial score (nSPS) is 15.3. The number of rotatable bonds is 3. The Balaban J connectivity index is 1.87. The van der Waals surface area contributed by atoms with Crippen molar-refractivity contribution >= 4 is 11.4 Å². The number of halogens is 3. The zero-order chi connectivity index (χ0) is 17.2. The van der Waals surface area contributed by atoms with Crippen LogP contribution in [0.4, 0.5) is 19.0 Å². The number of anilines is 1. The minimum absolute atomic E-state index is 0.159. The lowest BCUT2D eigenvalue weighted by Gasteiger charge is -2.29. The molecule has 0 unspecified atom stereocenters. The Kier molecular flexibility index (Phi) is 4.57. The Morgan fingerprint density at radius 1 is 1.08 bits per heavy atom. The van der Waals surface area contributed by atoms with E-state index >= 15 is 0 Å². The third-order valence-electron chi connectivity index (χ3n) is 4.12. The lowest BCUT2D eigenvalue weighted by Crippen LogP contribution is -2.31. The summed E-state index contributed by atoms with van der Waals surface area (Å²) >= 11 is 0. The molecule has 2 heterocycles. The number of nitrogens with two attached hydrogens (primary N) is 1. The minimum Gasteiger partial charge on any atom is -0.352 e. The van der Waals surface area contributed by atoms with Crippen LogP contribution in [0.15, 0.2) is 48.5 Å². The number of alkyl halides is 3. The van der Waals surface area contributed by atoms with Gasteiger partial charge in [-0.25, -0.2) is 4.98 Å². The van der Waals surface area contributed by atoms with Gasteiger partial charge in [-0.1, -0.05) is 42.5 Å². The fourth-order valence-electron chi connectivity index (χ4n) is 2.84. The van der Waals surface area contributed by atoms with Gasteiger partial charge in [0.1, 0.15) is 11.5 Å². The molecule has 1 aromatic carbocycles. The third kappa shape index (κ3) is 3.43. The van der Waals surface area contributed by atoms with Crippen LogP contribution in [0.3, 0.4) is 0 Å². The molecule has 0 saturated heterocycles. The summed E-state index contributed by atoms with van der Waals surface area (Å²) in [4.78, 5) is 5.68. The molecule has 126 valence electrons. The summed E-state index contributed by atoms with van der Waals surface area (Å²) < 4.78 is 38.8. The van der Waals surface area contributed by atoms with Crippen molar-refractivity contribution in [3.8, 4) is 0 Å². The Hall–Kier alpha value is -2.34. The summed E-state index contributed by atoms with van der Waals surface area (Å²) in [6, 6.07) is 12.4. The third-order valence-corrected chi connectivity index (χ3v) is 4.12. The van der Waals surface area contributed by atoms with Crippen LogP contribution >= 0.6 is 0 Å². The van der Waals surface area contributed by atoms with E-state index in [1.165, 1.54) is 11.6 Å². The van der Waals surface area contributed by atoms with Gasteiger partial charge in [0.05, 0.1) is 0 Å². The molecule has 0 spiro atoms. The van der Waals surface area contributed by atoms with Crippen molar-refractivity contribution < 1.29 is 13.2 Å². The summed E-state index contributed by atoms with van der Waals surface area (Å²) in [7, 11) is 0. The minimum atomic E-state index is -4.46. The molecular weight excluding hydrogens is 315 g/mol. The summed E-state index contributed by atoms with van der Waals surface area (Å²) in [6.45, 7) is 1.29. The van der Waals surface area contributed by atoms with Crippen molar-refractivity contribution in [2.45, 2.75) is 19.1 Å². The quantitative estimate of drug-likeness (QED) is 0.928. The maximum Gasteiger partial charge on any atom is 0.433 e. The number of hydrogen-bond acceptors (Lipinski definition) is 3. The molecule has 0 fully saturated rings. The van der Waals surface area contributed by atoms with Crippen LogP contribution in [0.1, 0.15) is 23.2 Å². The van der Waals surface area contributed by atoms with Gasteiger partial charge in [0, 0.05) is 25.2 Å². The molecule has 3 rings (SSSR count). The Bertz CT molecular complexity index is 739. The Morgan fingerprint density at radius 2 is 1.83 bits per heavy atom. The van der Waals surface area contributed by atoms with Crippen LogP contribution in [0.25, 0.3) is 5.57 Å². The molecule has 0 radical (unpaired) electrons. The molecule has 0 atom stereocenters. The predicted molar refractivity (Wildman–Crippen MR) is 88.4 cm³/mol. The summed E-state index contributed by atoms with van der Waals surface area (Å²) in [5, 5.41) is 0. The number of aromatic nitrogens is 1. The summed E-state index contributed by atoms with van der Waals surface area (Å²) in [5.41, 5.74) is 7.76.